The summed E-state index contributed by atoms with van der Waals surface area (Å²) in [5.41, 5.74) is 2.50. The zero-order valence-electron chi connectivity index (χ0n) is 19.5. The van der Waals surface area contributed by atoms with Gasteiger partial charge in [-0.1, -0.05) is 57.2 Å². The van der Waals surface area contributed by atoms with Gasteiger partial charge in [-0.25, -0.2) is 4.79 Å². The van der Waals surface area contributed by atoms with E-state index in [1.165, 1.54) is 0 Å². The molecule has 0 saturated carbocycles. The number of carbonyl (C=O) groups excluding carboxylic acids is 1. The first-order valence-electron chi connectivity index (χ1n) is 10.9. The smallest absolute Gasteiger partial charge is 0.410 e. The number of halogens is 1. The van der Waals surface area contributed by atoms with Crippen LogP contribution in [0, 0.1) is 5.82 Å². The second-order valence-corrected chi connectivity index (χ2v) is 10.2. The molecule has 1 aromatic carbocycles. The molecule has 5 heteroatoms. The predicted molar refractivity (Wildman–Crippen MR) is 121 cm³/mol. The maximum Gasteiger partial charge on any atom is 0.410 e. The quantitative estimate of drug-likeness (QED) is 0.610. The van der Waals surface area contributed by atoms with E-state index in [-0.39, 0.29) is 17.3 Å². The Morgan fingerprint density at radius 3 is 2.32 bits per heavy atom. The lowest BCUT2D eigenvalue weighted by atomic mass is 9.87. The number of carbonyl (C=O) groups is 1. The van der Waals surface area contributed by atoms with E-state index < -0.39 is 5.60 Å². The van der Waals surface area contributed by atoms with Crippen molar-refractivity contribution in [3.05, 3.63) is 71.3 Å². The zero-order valence-corrected chi connectivity index (χ0v) is 19.5. The topological polar surface area (TPSA) is 33.4 Å². The molecule has 31 heavy (non-hydrogen) atoms. The monoisotopic (exact) mass is 425 g/mol. The molecular weight excluding hydrogens is 391 g/mol. The lowest BCUT2D eigenvalue weighted by Gasteiger charge is -2.30. The third-order valence-electron chi connectivity index (χ3n) is 5.27. The van der Waals surface area contributed by atoms with Gasteiger partial charge >= 0.3 is 6.09 Å². The first-order chi connectivity index (χ1) is 14.5. The molecule has 1 aromatic heterocycles. The van der Waals surface area contributed by atoms with E-state index in [1.54, 1.807) is 4.90 Å². The van der Waals surface area contributed by atoms with Crippen LogP contribution >= 0.6 is 0 Å². The molecule has 0 spiro atoms. The average Bonchev–Trinajstić information content (AvgIpc) is 2.67. The summed E-state index contributed by atoms with van der Waals surface area (Å²) in [6, 6.07) is 12.0. The van der Waals surface area contributed by atoms with Crippen molar-refractivity contribution in [2.24, 2.45) is 0 Å². The highest BCUT2D eigenvalue weighted by Gasteiger charge is 2.33. The van der Waals surface area contributed by atoms with Gasteiger partial charge in [-0.3, -0.25) is 0 Å². The van der Waals surface area contributed by atoms with Crippen molar-refractivity contribution >= 4 is 11.7 Å². The van der Waals surface area contributed by atoms with Crippen LogP contribution in [0.1, 0.15) is 64.8 Å². The summed E-state index contributed by atoms with van der Waals surface area (Å²) in [4.78, 5) is 14.0. The number of pyridine rings is 1. The standard InChI is InChI=1S/C26H34FN2O2/c1-25(2,3)23-22(27)21(14-17-29(23)18-19-10-8-7-9-11-19)20-12-15-28(16-13-20)24(30)31-26(4,5)6/h7-12,14,17H,13,15-16,18H2,1-6H3/q+1. The van der Waals surface area contributed by atoms with Crippen molar-refractivity contribution in [2.75, 3.05) is 13.1 Å². The number of nitrogens with zero attached hydrogens (tertiary/aromatic N) is 2. The molecule has 2 heterocycles. The first-order valence-corrected chi connectivity index (χ1v) is 10.9. The molecule has 0 bridgehead atoms. The lowest BCUT2D eigenvalue weighted by Crippen LogP contribution is -2.45. The largest absolute Gasteiger partial charge is 0.444 e. The third-order valence-corrected chi connectivity index (χ3v) is 5.27. The van der Waals surface area contributed by atoms with Crippen LogP contribution < -0.4 is 4.57 Å². The van der Waals surface area contributed by atoms with Crippen LogP contribution in [-0.2, 0) is 16.7 Å². The number of benzene rings is 1. The third kappa shape index (κ3) is 5.72. The van der Waals surface area contributed by atoms with Gasteiger partial charge in [-0.15, -0.1) is 0 Å². The molecule has 4 nitrogen and oxygen atoms in total. The summed E-state index contributed by atoms with van der Waals surface area (Å²) >= 11 is 0. The summed E-state index contributed by atoms with van der Waals surface area (Å²) in [7, 11) is 0. The van der Waals surface area contributed by atoms with Crippen LogP contribution in [0.5, 0.6) is 0 Å². The Balaban J connectivity index is 1.88. The zero-order chi connectivity index (χ0) is 22.8. The van der Waals surface area contributed by atoms with Gasteiger partial charge in [0.15, 0.2) is 18.6 Å². The molecule has 2 aromatic rings. The molecule has 0 unspecified atom stereocenters. The van der Waals surface area contributed by atoms with Crippen LogP contribution in [-0.4, -0.2) is 29.7 Å². The second kappa shape index (κ2) is 8.81. The van der Waals surface area contributed by atoms with E-state index in [9.17, 15) is 4.79 Å². The Morgan fingerprint density at radius 2 is 1.77 bits per heavy atom. The summed E-state index contributed by atoms with van der Waals surface area (Å²) in [5, 5.41) is 0. The molecule has 0 fully saturated rings. The Morgan fingerprint density at radius 1 is 1.10 bits per heavy atom. The Bertz CT molecular complexity index is 969. The van der Waals surface area contributed by atoms with Gasteiger partial charge in [-0.05, 0) is 32.8 Å². The van der Waals surface area contributed by atoms with E-state index in [4.69, 9.17) is 4.74 Å². The molecule has 0 atom stereocenters. The fraction of sp³-hybridized carbons (Fsp3) is 0.462. The van der Waals surface area contributed by atoms with Crippen LogP contribution in [0.2, 0.25) is 0 Å². The van der Waals surface area contributed by atoms with Crippen LogP contribution in [0.25, 0.3) is 5.57 Å². The lowest BCUT2D eigenvalue weighted by molar-refractivity contribution is -0.700. The maximum atomic E-state index is 15.8. The van der Waals surface area contributed by atoms with Gasteiger partial charge in [0.25, 0.3) is 0 Å². The number of ether oxygens (including phenoxy) is 1. The fourth-order valence-electron chi connectivity index (χ4n) is 3.89. The molecule has 0 N–H and O–H groups in total. The maximum absolute atomic E-state index is 15.8. The molecule has 1 aliphatic rings. The molecule has 3 rings (SSSR count). The Kier molecular flexibility index (Phi) is 6.54. The summed E-state index contributed by atoms with van der Waals surface area (Å²) in [5.74, 6) is -0.178. The molecule has 0 radical (unpaired) electrons. The summed E-state index contributed by atoms with van der Waals surface area (Å²) in [6.07, 6.45) is 4.20. The Hall–Kier alpha value is -2.69. The molecular formula is C26H34FN2O2+. The van der Waals surface area contributed by atoms with Crippen molar-refractivity contribution in [2.45, 2.75) is 65.5 Å². The number of rotatable bonds is 3. The van der Waals surface area contributed by atoms with Crippen LogP contribution in [0.4, 0.5) is 9.18 Å². The van der Waals surface area contributed by atoms with Crippen molar-refractivity contribution in [1.82, 2.24) is 4.90 Å². The van der Waals surface area contributed by atoms with Gasteiger partial charge in [0.2, 0.25) is 5.69 Å². The van der Waals surface area contributed by atoms with Crippen molar-refractivity contribution in [3.63, 3.8) is 0 Å². The van der Waals surface area contributed by atoms with Crippen molar-refractivity contribution in [1.29, 1.82) is 0 Å². The van der Waals surface area contributed by atoms with Gasteiger partial charge in [0, 0.05) is 35.7 Å². The van der Waals surface area contributed by atoms with Crippen molar-refractivity contribution < 1.29 is 18.5 Å². The minimum atomic E-state index is -0.527. The minimum absolute atomic E-state index is 0.178. The van der Waals surface area contributed by atoms with Gasteiger partial charge in [0.05, 0.1) is 0 Å². The van der Waals surface area contributed by atoms with Gasteiger partial charge < -0.3 is 9.64 Å². The second-order valence-electron chi connectivity index (χ2n) is 10.2. The first kappa shape index (κ1) is 23.0. The highest BCUT2D eigenvalue weighted by molar-refractivity contribution is 5.73. The predicted octanol–water partition coefficient (Wildman–Crippen LogP) is 5.48. The SMILES string of the molecule is CC(C)(C)OC(=O)N1CC=C(c2cc[n+](Cc3ccccc3)c(C(C)(C)C)c2F)CC1. The molecule has 0 saturated heterocycles. The number of hydrogen-bond donors (Lipinski definition) is 0. The number of amides is 1. The van der Waals surface area contributed by atoms with E-state index >= 15 is 4.39 Å². The molecule has 0 aliphatic carbocycles. The van der Waals surface area contributed by atoms with Gasteiger partial charge in [-0.2, -0.15) is 8.96 Å². The molecule has 166 valence electrons. The highest BCUT2D eigenvalue weighted by Crippen LogP contribution is 2.30. The summed E-state index contributed by atoms with van der Waals surface area (Å²) in [6.45, 7) is 13.2. The van der Waals surface area contributed by atoms with E-state index in [0.29, 0.717) is 37.3 Å². The van der Waals surface area contributed by atoms with E-state index in [0.717, 1.165) is 11.1 Å². The number of aromatic nitrogens is 1. The van der Waals surface area contributed by atoms with E-state index in [2.05, 4.69) is 12.1 Å². The normalized spacial score (nSPS) is 14.9. The summed E-state index contributed by atoms with van der Waals surface area (Å²) < 4.78 is 23.3. The minimum Gasteiger partial charge on any atom is -0.444 e. The average molecular weight is 426 g/mol. The molecule has 1 aliphatic heterocycles. The van der Waals surface area contributed by atoms with Crippen LogP contribution in [0.3, 0.4) is 0 Å². The Labute approximate surface area is 185 Å². The van der Waals surface area contributed by atoms with E-state index in [1.807, 2.05) is 82.6 Å². The van der Waals surface area contributed by atoms with Crippen molar-refractivity contribution in [3.8, 4) is 0 Å². The molecule has 1 amide bonds. The van der Waals surface area contributed by atoms with Gasteiger partial charge in [0.1, 0.15) is 5.60 Å². The number of hydrogen-bond acceptors (Lipinski definition) is 2. The highest BCUT2D eigenvalue weighted by atomic mass is 19.1. The fourth-order valence-corrected chi connectivity index (χ4v) is 3.89. The van der Waals surface area contributed by atoms with Crippen LogP contribution in [0.15, 0.2) is 48.7 Å².